The molecule has 0 bridgehead atoms. The van der Waals surface area contributed by atoms with E-state index in [-0.39, 0.29) is 0 Å². The van der Waals surface area contributed by atoms with Crippen molar-refractivity contribution in [3.8, 4) is 0 Å². The second-order valence-electron chi connectivity index (χ2n) is 3.63. The summed E-state index contributed by atoms with van der Waals surface area (Å²) in [5.74, 6) is 0. The summed E-state index contributed by atoms with van der Waals surface area (Å²) in [6.07, 6.45) is 0. The van der Waals surface area contributed by atoms with Crippen molar-refractivity contribution in [3.05, 3.63) is 34.2 Å². The van der Waals surface area contributed by atoms with E-state index in [9.17, 15) is 0 Å². The number of fused-ring (bicyclic) bond motifs is 1. The van der Waals surface area contributed by atoms with Gasteiger partial charge in [-0.3, -0.25) is 0 Å². The lowest BCUT2D eigenvalue weighted by Crippen LogP contribution is -2.09. The Bertz CT molecular complexity index is 447. The molecule has 1 heterocycles. The van der Waals surface area contributed by atoms with Gasteiger partial charge in [-0.25, -0.2) is 0 Å². The summed E-state index contributed by atoms with van der Waals surface area (Å²) in [5.41, 5.74) is 0. The van der Waals surface area contributed by atoms with E-state index in [2.05, 4.69) is 31.1 Å². The fourth-order valence-corrected chi connectivity index (χ4v) is 2.91. The van der Waals surface area contributed by atoms with Gasteiger partial charge in [0.15, 0.2) is 0 Å². The van der Waals surface area contributed by atoms with E-state index in [0.29, 0.717) is 0 Å². The lowest BCUT2D eigenvalue weighted by atomic mass is 10.2. The van der Waals surface area contributed by atoms with Crippen LogP contribution in [0.15, 0.2) is 24.3 Å². The number of hydrogen-bond donors (Lipinski definition) is 0. The molecular formula is C11H12ClNS. The highest BCUT2D eigenvalue weighted by atomic mass is 35.5. The third-order valence-corrected chi connectivity index (χ3v) is 3.32. The Balaban J connectivity index is 2.41. The number of nitrogens with zero attached hydrogens (tertiary/aromatic N) is 1. The van der Waals surface area contributed by atoms with Crippen molar-refractivity contribution >= 4 is 33.0 Å². The highest BCUT2D eigenvalue weighted by Gasteiger charge is 2.02. The Morgan fingerprint density at radius 2 is 2.07 bits per heavy atom. The minimum absolute atomic E-state index is 0.816. The van der Waals surface area contributed by atoms with E-state index in [1.54, 1.807) is 0 Å². The van der Waals surface area contributed by atoms with Crippen molar-refractivity contribution < 1.29 is 0 Å². The summed E-state index contributed by atoms with van der Waals surface area (Å²) in [4.78, 5) is 3.55. The van der Waals surface area contributed by atoms with E-state index in [1.807, 2.05) is 23.5 Å². The molecule has 1 aromatic carbocycles. The lowest BCUT2D eigenvalue weighted by molar-refractivity contribution is 0.406. The molecule has 0 atom stereocenters. The van der Waals surface area contributed by atoms with Gasteiger partial charge in [-0.2, -0.15) is 0 Å². The monoisotopic (exact) mass is 225 g/mol. The third kappa shape index (κ3) is 2.08. The molecule has 0 aliphatic heterocycles. The van der Waals surface area contributed by atoms with Crippen LogP contribution in [0.2, 0.25) is 5.02 Å². The zero-order valence-electron chi connectivity index (χ0n) is 8.25. The van der Waals surface area contributed by atoms with Gasteiger partial charge >= 0.3 is 0 Å². The minimum Gasteiger partial charge on any atom is -0.304 e. The van der Waals surface area contributed by atoms with Gasteiger partial charge in [-0.05, 0) is 37.7 Å². The summed E-state index contributed by atoms with van der Waals surface area (Å²) in [5, 5.41) is 2.10. The van der Waals surface area contributed by atoms with Crippen LogP contribution < -0.4 is 0 Å². The van der Waals surface area contributed by atoms with Gasteiger partial charge in [0.2, 0.25) is 0 Å². The van der Waals surface area contributed by atoms with Gasteiger partial charge in [0.05, 0.1) is 0 Å². The maximum Gasteiger partial charge on any atom is 0.0420 e. The normalized spacial score (nSPS) is 11.4. The molecule has 1 aromatic heterocycles. The summed E-state index contributed by atoms with van der Waals surface area (Å²) < 4.78 is 1.27. The molecule has 2 rings (SSSR count). The number of benzene rings is 1. The smallest absolute Gasteiger partial charge is 0.0420 e. The first-order valence-electron chi connectivity index (χ1n) is 4.48. The molecule has 0 fully saturated rings. The second-order valence-corrected chi connectivity index (χ2v) is 5.24. The Morgan fingerprint density at radius 3 is 2.79 bits per heavy atom. The molecule has 0 radical (unpaired) electrons. The van der Waals surface area contributed by atoms with E-state index in [4.69, 9.17) is 11.6 Å². The average Bonchev–Trinajstić information content (AvgIpc) is 2.44. The van der Waals surface area contributed by atoms with Crippen LogP contribution in [-0.4, -0.2) is 19.0 Å². The largest absolute Gasteiger partial charge is 0.304 e. The van der Waals surface area contributed by atoms with Crippen LogP contribution in [0.25, 0.3) is 10.1 Å². The Labute approximate surface area is 92.9 Å². The van der Waals surface area contributed by atoms with E-state index < -0.39 is 0 Å². The van der Waals surface area contributed by atoms with Crippen molar-refractivity contribution in [2.75, 3.05) is 14.1 Å². The molecule has 0 unspecified atom stereocenters. The SMILES string of the molecule is CN(C)Cc1cc2ccc(Cl)cc2s1. The maximum atomic E-state index is 5.93. The Morgan fingerprint density at radius 1 is 1.29 bits per heavy atom. The Hall–Kier alpha value is -0.570. The van der Waals surface area contributed by atoms with Crippen LogP contribution in [0, 0.1) is 0 Å². The van der Waals surface area contributed by atoms with Gasteiger partial charge in [0.1, 0.15) is 0 Å². The first kappa shape index (κ1) is 9.97. The molecule has 1 nitrogen and oxygen atoms in total. The zero-order chi connectivity index (χ0) is 10.1. The highest BCUT2D eigenvalue weighted by molar-refractivity contribution is 7.19. The van der Waals surface area contributed by atoms with Crippen LogP contribution in [0.4, 0.5) is 0 Å². The van der Waals surface area contributed by atoms with Gasteiger partial charge in [-0.15, -0.1) is 11.3 Å². The molecule has 0 spiro atoms. The summed E-state index contributed by atoms with van der Waals surface area (Å²) in [7, 11) is 4.16. The molecule has 2 aromatic rings. The molecule has 14 heavy (non-hydrogen) atoms. The topological polar surface area (TPSA) is 3.24 Å². The molecule has 0 amide bonds. The maximum absolute atomic E-state index is 5.93. The number of thiophene rings is 1. The van der Waals surface area contributed by atoms with Crippen molar-refractivity contribution in [3.63, 3.8) is 0 Å². The first-order valence-corrected chi connectivity index (χ1v) is 5.67. The summed E-state index contributed by atoms with van der Waals surface area (Å²) in [6.45, 7) is 0.997. The first-order chi connectivity index (χ1) is 6.65. The van der Waals surface area contributed by atoms with Crippen molar-refractivity contribution in [1.29, 1.82) is 0 Å². The fourth-order valence-electron chi connectivity index (χ4n) is 1.45. The molecule has 0 aliphatic carbocycles. The molecule has 0 saturated carbocycles. The lowest BCUT2D eigenvalue weighted by Gasteiger charge is -2.05. The number of halogens is 1. The van der Waals surface area contributed by atoms with Crippen molar-refractivity contribution in [2.45, 2.75) is 6.54 Å². The van der Waals surface area contributed by atoms with Crippen molar-refractivity contribution in [2.24, 2.45) is 0 Å². The molecular weight excluding hydrogens is 214 g/mol. The highest BCUT2D eigenvalue weighted by Crippen LogP contribution is 2.28. The molecule has 0 aliphatic rings. The van der Waals surface area contributed by atoms with E-state index >= 15 is 0 Å². The predicted octanol–water partition coefficient (Wildman–Crippen LogP) is 3.62. The quantitative estimate of drug-likeness (QED) is 0.755. The molecule has 74 valence electrons. The van der Waals surface area contributed by atoms with Gasteiger partial charge in [0, 0.05) is 21.1 Å². The van der Waals surface area contributed by atoms with Crippen molar-refractivity contribution in [1.82, 2.24) is 4.90 Å². The summed E-state index contributed by atoms with van der Waals surface area (Å²) >= 11 is 7.74. The standard InChI is InChI=1S/C11H12ClNS/c1-13(2)7-10-5-8-3-4-9(12)6-11(8)14-10/h3-6H,7H2,1-2H3. The van der Waals surface area contributed by atoms with Crippen LogP contribution in [0.3, 0.4) is 0 Å². The second kappa shape index (κ2) is 3.89. The fraction of sp³-hybridized carbons (Fsp3) is 0.273. The minimum atomic E-state index is 0.816. The van der Waals surface area contributed by atoms with Gasteiger partial charge in [0.25, 0.3) is 0 Å². The van der Waals surface area contributed by atoms with Gasteiger partial charge in [-0.1, -0.05) is 17.7 Å². The van der Waals surface area contributed by atoms with Gasteiger partial charge < -0.3 is 4.90 Å². The van der Waals surface area contributed by atoms with Crippen LogP contribution >= 0.6 is 22.9 Å². The predicted molar refractivity (Wildman–Crippen MR) is 64.2 cm³/mol. The molecule has 0 N–H and O–H groups in total. The molecule has 3 heteroatoms. The van der Waals surface area contributed by atoms with E-state index in [1.165, 1.54) is 15.0 Å². The summed E-state index contributed by atoms with van der Waals surface area (Å²) in [6, 6.07) is 8.28. The number of hydrogen-bond acceptors (Lipinski definition) is 2. The Kier molecular flexibility index (Phi) is 2.77. The average molecular weight is 226 g/mol. The van der Waals surface area contributed by atoms with E-state index in [0.717, 1.165) is 11.6 Å². The van der Waals surface area contributed by atoms with Crippen LogP contribution in [-0.2, 0) is 6.54 Å². The third-order valence-electron chi connectivity index (χ3n) is 2.01. The zero-order valence-corrected chi connectivity index (χ0v) is 9.82. The van der Waals surface area contributed by atoms with Crippen LogP contribution in [0.5, 0.6) is 0 Å². The van der Waals surface area contributed by atoms with Crippen LogP contribution in [0.1, 0.15) is 4.88 Å². The molecule has 0 saturated heterocycles. The number of rotatable bonds is 2.